The molecule has 5 nitrogen and oxygen atoms in total. The van der Waals surface area contributed by atoms with Gasteiger partial charge in [0, 0.05) is 10.7 Å². The Morgan fingerprint density at radius 1 is 1.16 bits per heavy atom. The van der Waals surface area contributed by atoms with Crippen molar-refractivity contribution in [3.05, 3.63) is 41.4 Å². The van der Waals surface area contributed by atoms with Gasteiger partial charge in [-0.1, -0.05) is 23.8 Å². The van der Waals surface area contributed by atoms with Gasteiger partial charge in [0.05, 0.1) is 0 Å². The maximum Gasteiger partial charge on any atom is 0.330 e. The molecule has 0 unspecified atom stereocenters. The van der Waals surface area contributed by atoms with Gasteiger partial charge < -0.3 is 15.7 Å². The van der Waals surface area contributed by atoms with E-state index >= 15 is 0 Å². The van der Waals surface area contributed by atoms with E-state index in [0.717, 1.165) is 0 Å². The van der Waals surface area contributed by atoms with Crippen LogP contribution in [-0.4, -0.2) is 22.6 Å². The van der Waals surface area contributed by atoms with Gasteiger partial charge in [0.2, 0.25) is 0 Å². The Morgan fingerprint density at radius 3 is 2.26 bits per heavy atom. The largest absolute Gasteiger partial charge is 0.479 e. The zero-order chi connectivity index (χ0) is 13.9. The van der Waals surface area contributed by atoms with E-state index in [9.17, 15) is 14.7 Å². The van der Waals surface area contributed by atoms with Crippen LogP contribution in [0.25, 0.3) is 0 Å². The number of rotatable bonds is 3. The van der Waals surface area contributed by atoms with E-state index < -0.39 is 17.5 Å². The number of carbonyl (C=O) groups is 2. The first-order chi connectivity index (χ1) is 9.02. The van der Waals surface area contributed by atoms with Crippen molar-refractivity contribution >= 4 is 29.3 Å². The van der Waals surface area contributed by atoms with Crippen molar-refractivity contribution in [2.24, 2.45) is 0 Å². The third kappa shape index (κ3) is 3.06. The van der Waals surface area contributed by atoms with Gasteiger partial charge in [-0.2, -0.15) is 0 Å². The second-order valence-corrected chi connectivity index (χ2v) is 4.79. The molecule has 1 aromatic rings. The molecular weight excluding hydrogens is 268 g/mol. The minimum Gasteiger partial charge on any atom is -0.479 e. The Morgan fingerprint density at radius 2 is 1.74 bits per heavy atom. The first kappa shape index (κ1) is 13.4. The average Bonchev–Trinajstić information content (AvgIpc) is 2.82. The first-order valence-corrected chi connectivity index (χ1v) is 6.13. The summed E-state index contributed by atoms with van der Waals surface area (Å²) in [6.45, 7) is 0. The van der Waals surface area contributed by atoms with E-state index in [-0.39, 0.29) is 12.8 Å². The molecule has 0 aromatic heterocycles. The lowest BCUT2D eigenvalue weighted by Crippen LogP contribution is -2.54. The molecule has 1 aliphatic rings. The number of nitrogens with one attached hydrogen (secondary N) is 2. The predicted octanol–water partition coefficient (Wildman–Crippen LogP) is 2.63. The van der Waals surface area contributed by atoms with Gasteiger partial charge in [0.25, 0.3) is 0 Å². The van der Waals surface area contributed by atoms with Crippen LogP contribution in [0.5, 0.6) is 0 Å². The van der Waals surface area contributed by atoms with E-state index in [4.69, 9.17) is 11.6 Å². The van der Waals surface area contributed by atoms with Crippen molar-refractivity contribution in [1.82, 2.24) is 5.32 Å². The quantitative estimate of drug-likeness (QED) is 0.745. The zero-order valence-corrected chi connectivity index (χ0v) is 10.8. The molecule has 0 saturated carbocycles. The van der Waals surface area contributed by atoms with Gasteiger partial charge in [-0.05, 0) is 37.1 Å². The number of carboxylic acid groups (broad SMARTS) is 1. The SMILES string of the molecule is O=C(Nc1ccc(Cl)cc1)NC1(C(=O)O)CC=CC1. The molecule has 3 N–H and O–H groups in total. The van der Waals surface area contributed by atoms with Crippen LogP contribution in [0.15, 0.2) is 36.4 Å². The molecule has 0 heterocycles. The third-order valence-corrected chi connectivity index (χ3v) is 3.22. The Kier molecular flexibility index (Phi) is 3.76. The fourth-order valence-corrected chi connectivity index (χ4v) is 2.02. The first-order valence-electron chi connectivity index (χ1n) is 5.75. The summed E-state index contributed by atoms with van der Waals surface area (Å²) in [4.78, 5) is 23.1. The van der Waals surface area contributed by atoms with Crippen molar-refractivity contribution in [2.45, 2.75) is 18.4 Å². The van der Waals surface area contributed by atoms with Gasteiger partial charge in [-0.15, -0.1) is 0 Å². The fraction of sp³-hybridized carbons (Fsp3) is 0.231. The Labute approximate surface area is 115 Å². The summed E-state index contributed by atoms with van der Waals surface area (Å²) in [6.07, 6.45) is 4.07. The molecule has 100 valence electrons. The molecule has 0 bridgehead atoms. The van der Waals surface area contributed by atoms with E-state index in [1.807, 2.05) is 0 Å². The number of hydrogen-bond donors (Lipinski definition) is 3. The van der Waals surface area contributed by atoms with Crippen molar-refractivity contribution < 1.29 is 14.7 Å². The number of hydrogen-bond acceptors (Lipinski definition) is 2. The summed E-state index contributed by atoms with van der Waals surface area (Å²) in [5.74, 6) is -1.04. The van der Waals surface area contributed by atoms with Crippen molar-refractivity contribution in [3.8, 4) is 0 Å². The summed E-state index contributed by atoms with van der Waals surface area (Å²) in [5.41, 5.74) is -0.690. The van der Waals surface area contributed by atoms with E-state index in [2.05, 4.69) is 10.6 Å². The van der Waals surface area contributed by atoms with Crippen LogP contribution in [0.4, 0.5) is 10.5 Å². The lowest BCUT2D eigenvalue weighted by atomic mass is 9.97. The second kappa shape index (κ2) is 5.32. The van der Waals surface area contributed by atoms with Gasteiger partial charge in [0.15, 0.2) is 0 Å². The molecular formula is C13H13ClN2O3. The standard InChI is InChI=1S/C13H13ClN2O3/c14-9-3-5-10(6-4-9)15-12(19)16-13(11(17)18)7-1-2-8-13/h1-6H,7-8H2,(H,17,18)(H2,15,16,19). The van der Waals surface area contributed by atoms with Crippen LogP contribution in [0, 0.1) is 0 Å². The molecule has 1 aromatic carbocycles. The number of halogens is 1. The normalized spacial score (nSPS) is 16.1. The van der Waals surface area contributed by atoms with Crippen molar-refractivity contribution in [1.29, 1.82) is 0 Å². The minimum atomic E-state index is -1.24. The minimum absolute atomic E-state index is 0.288. The molecule has 2 amide bonds. The maximum atomic E-state index is 11.8. The van der Waals surface area contributed by atoms with E-state index in [1.165, 1.54) is 0 Å². The van der Waals surface area contributed by atoms with Gasteiger partial charge in [-0.25, -0.2) is 9.59 Å². The highest BCUT2D eigenvalue weighted by atomic mass is 35.5. The highest BCUT2D eigenvalue weighted by Crippen LogP contribution is 2.24. The Bertz CT molecular complexity index is 517. The van der Waals surface area contributed by atoms with Crippen LogP contribution < -0.4 is 10.6 Å². The molecule has 0 aliphatic heterocycles. The van der Waals surface area contributed by atoms with Crippen LogP contribution in [0.1, 0.15) is 12.8 Å². The summed E-state index contributed by atoms with van der Waals surface area (Å²) in [5, 5.41) is 14.9. The number of amides is 2. The number of aliphatic carboxylic acids is 1. The van der Waals surface area contributed by atoms with Crippen LogP contribution >= 0.6 is 11.6 Å². The zero-order valence-electron chi connectivity index (χ0n) is 10.0. The van der Waals surface area contributed by atoms with Crippen LogP contribution in [-0.2, 0) is 4.79 Å². The topological polar surface area (TPSA) is 78.4 Å². The molecule has 1 aliphatic carbocycles. The molecule has 0 spiro atoms. The summed E-state index contributed by atoms with van der Waals surface area (Å²) < 4.78 is 0. The number of benzene rings is 1. The van der Waals surface area contributed by atoms with Crippen LogP contribution in [0.3, 0.4) is 0 Å². The Balaban J connectivity index is 2.01. The molecule has 19 heavy (non-hydrogen) atoms. The number of carboxylic acids is 1. The van der Waals surface area contributed by atoms with Crippen molar-refractivity contribution in [2.75, 3.05) is 5.32 Å². The maximum absolute atomic E-state index is 11.8. The Hall–Kier alpha value is -2.01. The molecule has 0 saturated heterocycles. The number of urea groups is 1. The highest BCUT2D eigenvalue weighted by Gasteiger charge is 2.40. The fourth-order valence-electron chi connectivity index (χ4n) is 1.90. The molecule has 2 rings (SSSR count). The second-order valence-electron chi connectivity index (χ2n) is 4.35. The molecule has 6 heteroatoms. The monoisotopic (exact) mass is 280 g/mol. The summed E-state index contributed by atoms with van der Waals surface area (Å²) in [6, 6.07) is 6.01. The van der Waals surface area contributed by atoms with Crippen LogP contribution in [0.2, 0.25) is 5.02 Å². The summed E-state index contributed by atoms with van der Waals surface area (Å²) in [7, 11) is 0. The lowest BCUT2D eigenvalue weighted by molar-refractivity contribution is -0.143. The van der Waals surface area contributed by atoms with Gasteiger partial charge >= 0.3 is 12.0 Å². The smallest absolute Gasteiger partial charge is 0.330 e. The average molecular weight is 281 g/mol. The lowest BCUT2D eigenvalue weighted by Gasteiger charge is -2.25. The van der Waals surface area contributed by atoms with Crippen molar-refractivity contribution in [3.63, 3.8) is 0 Å². The number of carbonyl (C=O) groups excluding carboxylic acids is 1. The van der Waals surface area contributed by atoms with E-state index in [1.54, 1.807) is 36.4 Å². The molecule has 0 radical (unpaired) electrons. The molecule has 0 fully saturated rings. The molecule has 0 atom stereocenters. The predicted molar refractivity (Wildman–Crippen MR) is 72.3 cm³/mol. The third-order valence-electron chi connectivity index (χ3n) is 2.96. The van der Waals surface area contributed by atoms with E-state index in [0.29, 0.717) is 10.7 Å². The highest BCUT2D eigenvalue weighted by molar-refractivity contribution is 6.30. The van der Waals surface area contributed by atoms with Gasteiger partial charge in [0.1, 0.15) is 5.54 Å². The number of anilines is 1. The van der Waals surface area contributed by atoms with Gasteiger partial charge in [-0.3, -0.25) is 0 Å². The summed E-state index contributed by atoms with van der Waals surface area (Å²) >= 11 is 5.74.